The molecule has 0 bridgehead atoms. The second-order valence-corrected chi connectivity index (χ2v) is 6.71. The predicted octanol–water partition coefficient (Wildman–Crippen LogP) is 4.04. The highest BCUT2D eigenvalue weighted by Gasteiger charge is 2.14. The van der Waals surface area contributed by atoms with Gasteiger partial charge in [0.05, 0.1) is 10.5 Å². The minimum absolute atomic E-state index is 0.216. The lowest BCUT2D eigenvalue weighted by Gasteiger charge is -2.23. The third-order valence-corrected chi connectivity index (χ3v) is 4.76. The Morgan fingerprint density at radius 1 is 1.35 bits per heavy atom. The Kier molecular flexibility index (Phi) is 5.72. The monoisotopic (exact) mass is 356 g/mol. The van der Waals surface area contributed by atoms with E-state index in [1.807, 2.05) is 6.07 Å². The van der Waals surface area contributed by atoms with E-state index >= 15 is 0 Å². The van der Waals surface area contributed by atoms with E-state index < -0.39 is 0 Å². The van der Waals surface area contributed by atoms with Crippen molar-refractivity contribution in [1.29, 1.82) is 0 Å². The first-order chi connectivity index (χ1) is 9.58. The number of benzene rings is 1. The number of hydrogen-bond donors (Lipinski definition) is 1. The van der Waals surface area contributed by atoms with Crippen LogP contribution in [0.1, 0.15) is 16.5 Å². The van der Waals surface area contributed by atoms with Crippen molar-refractivity contribution in [2.45, 2.75) is 12.6 Å². The zero-order valence-electron chi connectivity index (χ0n) is 11.6. The molecule has 1 heterocycles. The van der Waals surface area contributed by atoms with Crippen LogP contribution in [0.2, 0.25) is 0 Å². The third kappa shape index (κ3) is 4.12. The highest BCUT2D eigenvalue weighted by molar-refractivity contribution is 9.10. The molecule has 108 valence electrons. The van der Waals surface area contributed by atoms with E-state index in [0.717, 1.165) is 12.1 Å². The first-order valence-electron chi connectivity index (χ1n) is 6.42. The molecule has 1 unspecified atom stereocenters. The molecule has 0 saturated heterocycles. The maximum Gasteiger partial charge on any atom is 0.137 e. The average molecular weight is 357 g/mol. The van der Waals surface area contributed by atoms with E-state index in [1.165, 1.54) is 4.88 Å². The molecule has 0 saturated carbocycles. The molecule has 0 amide bonds. The minimum atomic E-state index is -0.216. The molecule has 0 aliphatic heterocycles. The van der Waals surface area contributed by atoms with E-state index in [2.05, 4.69) is 57.8 Å². The van der Waals surface area contributed by atoms with Crippen molar-refractivity contribution in [3.05, 3.63) is 56.4 Å². The Morgan fingerprint density at radius 2 is 2.15 bits per heavy atom. The van der Waals surface area contributed by atoms with Gasteiger partial charge in [0.25, 0.3) is 0 Å². The van der Waals surface area contributed by atoms with Gasteiger partial charge in [-0.05, 0) is 59.2 Å². The van der Waals surface area contributed by atoms with Crippen LogP contribution in [0.3, 0.4) is 0 Å². The van der Waals surface area contributed by atoms with Crippen LogP contribution < -0.4 is 5.32 Å². The Balaban J connectivity index is 1.92. The summed E-state index contributed by atoms with van der Waals surface area (Å²) < 4.78 is 13.9. The standard InChI is InChI=1S/C15H18BrFN2S/c1-19(2)14(15-4-3-7-20-15)10-18-9-11-5-6-12(16)13(17)8-11/h3-8,14,18H,9-10H2,1-2H3. The summed E-state index contributed by atoms with van der Waals surface area (Å²) in [6.07, 6.45) is 0. The van der Waals surface area contributed by atoms with Crippen LogP contribution in [0.5, 0.6) is 0 Å². The number of rotatable bonds is 6. The third-order valence-electron chi connectivity index (χ3n) is 3.15. The highest BCUT2D eigenvalue weighted by Crippen LogP contribution is 2.22. The second kappa shape index (κ2) is 7.31. The van der Waals surface area contributed by atoms with Crippen molar-refractivity contribution >= 4 is 27.3 Å². The molecule has 0 fully saturated rings. The van der Waals surface area contributed by atoms with Crippen LogP contribution >= 0.6 is 27.3 Å². The van der Waals surface area contributed by atoms with E-state index in [1.54, 1.807) is 23.5 Å². The summed E-state index contributed by atoms with van der Waals surface area (Å²) in [5, 5.41) is 5.49. The molecule has 20 heavy (non-hydrogen) atoms. The number of nitrogens with one attached hydrogen (secondary N) is 1. The molecule has 1 atom stereocenters. The van der Waals surface area contributed by atoms with E-state index in [0.29, 0.717) is 17.1 Å². The van der Waals surface area contributed by atoms with E-state index in [4.69, 9.17) is 0 Å². The average Bonchev–Trinajstić information content (AvgIpc) is 2.92. The topological polar surface area (TPSA) is 15.3 Å². The molecule has 1 aromatic carbocycles. The van der Waals surface area contributed by atoms with Crippen molar-refractivity contribution in [2.75, 3.05) is 20.6 Å². The quantitative estimate of drug-likeness (QED) is 0.839. The van der Waals surface area contributed by atoms with Gasteiger partial charge >= 0.3 is 0 Å². The van der Waals surface area contributed by atoms with Crippen molar-refractivity contribution in [3.63, 3.8) is 0 Å². The van der Waals surface area contributed by atoms with Crippen LogP contribution in [-0.4, -0.2) is 25.5 Å². The smallest absolute Gasteiger partial charge is 0.137 e. The van der Waals surface area contributed by atoms with Gasteiger partial charge in [0.15, 0.2) is 0 Å². The van der Waals surface area contributed by atoms with Gasteiger partial charge in [-0.3, -0.25) is 0 Å². The molecule has 2 rings (SSSR count). The molecule has 0 spiro atoms. The minimum Gasteiger partial charge on any atom is -0.311 e. The van der Waals surface area contributed by atoms with Gasteiger partial charge in [0.2, 0.25) is 0 Å². The van der Waals surface area contributed by atoms with Crippen LogP contribution in [0.15, 0.2) is 40.2 Å². The summed E-state index contributed by atoms with van der Waals surface area (Å²) in [6, 6.07) is 9.80. The molecule has 5 heteroatoms. The molecule has 1 aromatic heterocycles. The Hall–Kier alpha value is -0.750. The van der Waals surface area contributed by atoms with Crippen molar-refractivity contribution in [3.8, 4) is 0 Å². The molecular formula is C15H18BrFN2S. The normalized spacial score (nSPS) is 12.8. The summed E-state index contributed by atoms with van der Waals surface area (Å²) in [5.41, 5.74) is 0.953. The van der Waals surface area contributed by atoms with Gasteiger partial charge in [-0.2, -0.15) is 0 Å². The summed E-state index contributed by atoms with van der Waals surface area (Å²) in [6.45, 7) is 1.51. The van der Waals surface area contributed by atoms with E-state index in [9.17, 15) is 4.39 Å². The lowest BCUT2D eigenvalue weighted by atomic mass is 10.2. The predicted molar refractivity (Wildman–Crippen MR) is 86.6 cm³/mol. The second-order valence-electron chi connectivity index (χ2n) is 4.87. The fourth-order valence-corrected chi connectivity index (χ4v) is 3.19. The summed E-state index contributed by atoms with van der Waals surface area (Å²) in [7, 11) is 4.15. The van der Waals surface area contributed by atoms with Gasteiger partial charge in [-0.1, -0.05) is 12.1 Å². The lowest BCUT2D eigenvalue weighted by molar-refractivity contribution is 0.292. The number of nitrogens with zero attached hydrogens (tertiary/aromatic N) is 1. The van der Waals surface area contributed by atoms with Crippen LogP contribution in [0, 0.1) is 5.82 Å². The van der Waals surface area contributed by atoms with Gasteiger partial charge in [-0.15, -0.1) is 11.3 Å². The maximum absolute atomic E-state index is 13.4. The molecule has 2 nitrogen and oxygen atoms in total. The zero-order chi connectivity index (χ0) is 14.5. The Bertz CT molecular complexity index is 543. The molecule has 2 aromatic rings. The maximum atomic E-state index is 13.4. The fraction of sp³-hybridized carbons (Fsp3) is 0.333. The molecule has 0 aliphatic carbocycles. The lowest BCUT2D eigenvalue weighted by Crippen LogP contribution is -2.30. The summed E-state index contributed by atoms with van der Waals surface area (Å²) in [4.78, 5) is 3.53. The van der Waals surface area contributed by atoms with E-state index in [-0.39, 0.29) is 5.82 Å². The summed E-state index contributed by atoms with van der Waals surface area (Å²) >= 11 is 4.93. The first kappa shape index (κ1) is 15.6. The van der Waals surface area contributed by atoms with Crippen LogP contribution in [0.25, 0.3) is 0 Å². The molecule has 0 aliphatic rings. The fourth-order valence-electron chi connectivity index (χ4n) is 2.02. The van der Waals surface area contributed by atoms with Gasteiger partial charge in [0.1, 0.15) is 5.82 Å². The number of hydrogen-bond acceptors (Lipinski definition) is 3. The number of thiophene rings is 1. The molecule has 0 radical (unpaired) electrons. The zero-order valence-corrected chi connectivity index (χ0v) is 14.0. The largest absolute Gasteiger partial charge is 0.311 e. The molecular weight excluding hydrogens is 339 g/mol. The highest BCUT2D eigenvalue weighted by atomic mass is 79.9. The Morgan fingerprint density at radius 3 is 2.75 bits per heavy atom. The Labute approximate surface area is 131 Å². The van der Waals surface area contributed by atoms with Crippen molar-refractivity contribution in [1.82, 2.24) is 10.2 Å². The van der Waals surface area contributed by atoms with Gasteiger partial charge < -0.3 is 10.2 Å². The van der Waals surface area contributed by atoms with Gasteiger partial charge in [0, 0.05) is 18.0 Å². The first-order valence-corrected chi connectivity index (χ1v) is 8.09. The van der Waals surface area contributed by atoms with Crippen molar-refractivity contribution in [2.24, 2.45) is 0 Å². The SMILES string of the molecule is CN(C)C(CNCc1ccc(Br)c(F)c1)c1cccs1. The van der Waals surface area contributed by atoms with Crippen LogP contribution in [0.4, 0.5) is 4.39 Å². The molecule has 1 N–H and O–H groups in total. The number of halogens is 2. The number of likely N-dealkylation sites (N-methyl/N-ethyl adjacent to an activating group) is 1. The van der Waals surface area contributed by atoms with Gasteiger partial charge in [-0.25, -0.2) is 4.39 Å². The van der Waals surface area contributed by atoms with Crippen molar-refractivity contribution < 1.29 is 4.39 Å². The summed E-state index contributed by atoms with van der Waals surface area (Å²) in [5.74, 6) is -0.216. The van der Waals surface area contributed by atoms with Crippen LogP contribution in [-0.2, 0) is 6.54 Å².